The molecule has 14 nitrogen and oxygen atoms in total. The van der Waals surface area contributed by atoms with Gasteiger partial charge in [-0.25, -0.2) is 16.8 Å². The highest BCUT2D eigenvalue weighted by Gasteiger charge is 2.39. The van der Waals surface area contributed by atoms with Gasteiger partial charge in [-0.2, -0.15) is 8.61 Å². The summed E-state index contributed by atoms with van der Waals surface area (Å²) in [6, 6.07) is 20.7. The summed E-state index contributed by atoms with van der Waals surface area (Å²) in [6.45, 7) is 11.2. The van der Waals surface area contributed by atoms with Crippen LogP contribution in [-0.4, -0.2) is 91.8 Å². The molecule has 0 spiro atoms. The molecule has 0 saturated carbocycles. The van der Waals surface area contributed by atoms with Crippen LogP contribution in [0.15, 0.2) is 82.6 Å². The quantitative estimate of drug-likeness (QED) is 0.177. The molecule has 0 unspecified atom stereocenters. The summed E-state index contributed by atoms with van der Waals surface area (Å²) in [6.07, 6.45) is 1.36. The smallest absolute Gasteiger partial charge is 0.246 e. The predicted molar refractivity (Wildman–Crippen MR) is 205 cm³/mol. The van der Waals surface area contributed by atoms with Crippen LogP contribution in [0.2, 0.25) is 0 Å². The maximum absolute atomic E-state index is 14.4. The molecule has 54 heavy (non-hydrogen) atoms. The van der Waals surface area contributed by atoms with Gasteiger partial charge in [0.2, 0.25) is 20.0 Å². The molecule has 3 heterocycles. The lowest BCUT2D eigenvalue weighted by Gasteiger charge is -2.34. The molecule has 7 rings (SSSR count). The second-order valence-corrected chi connectivity index (χ2v) is 18.7. The van der Waals surface area contributed by atoms with Crippen LogP contribution in [0.5, 0.6) is 11.5 Å². The van der Waals surface area contributed by atoms with E-state index in [-0.39, 0.29) is 47.3 Å². The van der Waals surface area contributed by atoms with E-state index >= 15 is 0 Å². The summed E-state index contributed by atoms with van der Waals surface area (Å²) in [5, 5.41) is 41.2. The lowest BCUT2D eigenvalue weighted by atomic mass is 9.82. The van der Waals surface area contributed by atoms with Crippen LogP contribution in [-0.2, 0) is 30.9 Å². The topological polar surface area (TPSA) is 177 Å². The Balaban J connectivity index is 1.23. The van der Waals surface area contributed by atoms with Gasteiger partial charge in [0.05, 0.1) is 0 Å². The molecular formula is C38H44N8O6S2. The van der Waals surface area contributed by atoms with Gasteiger partial charge < -0.3 is 10.2 Å². The lowest BCUT2D eigenvalue weighted by molar-refractivity contribution is 0.271. The number of sulfonamides is 2. The molecule has 1 fully saturated rings. The first-order chi connectivity index (χ1) is 25.5. The third-order valence-electron chi connectivity index (χ3n) is 10.9. The zero-order valence-electron chi connectivity index (χ0n) is 31.1. The number of rotatable bonds is 10. The summed E-state index contributed by atoms with van der Waals surface area (Å²) >= 11 is 0. The molecule has 2 N–H and O–H groups in total. The van der Waals surface area contributed by atoms with Gasteiger partial charge >= 0.3 is 0 Å². The molecule has 6 aromatic rings. The van der Waals surface area contributed by atoms with E-state index in [2.05, 4.69) is 20.4 Å². The Morgan fingerprint density at radius 1 is 0.556 bits per heavy atom. The molecule has 284 valence electrons. The first-order valence-corrected chi connectivity index (χ1v) is 20.8. The molecule has 1 saturated heterocycles. The number of fused-ring (bicyclic) bond motifs is 2. The Morgan fingerprint density at radius 2 is 0.852 bits per heavy atom. The fourth-order valence-electron chi connectivity index (χ4n) is 6.44. The summed E-state index contributed by atoms with van der Waals surface area (Å²) in [7, 11) is -8.69. The van der Waals surface area contributed by atoms with Gasteiger partial charge in [0, 0.05) is 26.2 Å². The van der Waals surface area contributed by atoms with Crippen LogP contribution in [0.25, 0.3) is 33.4 Å². The highest BCUT2D eigenvalue weighted by molar-refractivity contribution is 7.89. The summed E-state index contributed by atoms with van der Waals surface area (Å²) < 4.78 is 59.8. The number of aromatic nitrogens is 6. The fraction of sp³-hybridized carbons (Fsp3) is 0.368. The van der Waals surface area contributed by atoms with Gasteiger partial charge in [0.1, 0.15) is 43.2 Å². The molecule has 0 radical (unpaired) electrons. The van der Waals surface area contributed by atoms with E-state index in [9.17, 15) is 27.0 Å². The van der Waals surface area contributed by atoms with Crippen LogP contribution in [0.1, 0.15) is 65.5 Å². The molecule has 0 atom stereocenters. The molecular weight excluding hydrogens is 729 g/mol. The van der Waals surface area contributed by atoms with Crippen LogP contribution < -0.4 is 0 Å². The van der Waals surface area contributed by atoms with Crippen molar-refractivity contribution in [3.05, 3.63) is 83.9 Å². The van der Waals surface area contributed by atoms with Gasteiger partial charge in [-0.15, -0.1) is 30.0 Å². The maximum atomic E-state index is 14.4. The lowest BCUT2D eigenvalue weighted by Crippen LogP contribution is -2.50. The Hall–Kier alpha value is -4.90. The number of aromatic hydroxyl groups is 2. The Morgan fingerprint density at radius 3 is 1.13 bits per heavy atom. The van der Waals surface area contributed by atoms with Gasteiger partial charge in [0.25, 0.3) is 0 Å². The summed E-state index contributed by atoms with van der Waals surface area (Å²) in [5.41, 5.74) is 2.95. The molecule has 0 amide bonds. The predicted octanol–water partition coefficient (Wildman–Crippen LogP) is 5.64. The third-order valence-corrected chi connectivity index (χ3v) is 14.7. The largest absolute Gasteiger partial charge is 0.504 e. The van der Waals surface area contributed by atoms with E-state index in [1.54, 1.807) is 36.4 Å². The molecule has 4 aromatic carbocycles. The Labute approximate surface area is 314 Å². The SMILES string of the molecule is CCC(C)(C)c1cc(-n2nc3ccccc3n2)c(O)c(S(=O)(=O)N2CCN(S(=O)(=O)c3cc(C(C)(C)CC)cc(-n4nc5ccccc5n4)c3O)CC2)c1. The average molecular weight is 773 g/mol. The van der Waals surface area contributed by atoms with E-state index in [0.29, 0.717) is 46.0 Å². The van der Waals surface area contributed by atoms with Crippen molar-refractivity contribution in [1.82, 2.24) is 38.6 Å². The Kier molecular flexibility index (Phi) is 9.31. The minimum atomic E-state index is -4.35. The molecule has 2 aromatic heterocycles. The fourth-order valence-corrected chi connectivity index (χ4v) is 9.53. The third kappa shape index (κ3) is 6.40. The number of piperazine rings is 1. The van der Waals surface area contributed by atoms with E-state index in [1.807, 2.05) is 65.8 Å². The van der Waals surface area contributed by atoms with Crippen LogP contribution in [0.3, 0.4) is 0 Å². The van der Waals surface area contributed by atoms with Crippen molar-refractivity contribution in [3.63, 3.8) is 0 Å². The molecule has 1 aliphatic heterocycles. The van der Waals surface area contributed by atoms with E-state index in [0.717, 1.165) is 0 Å². The minimum Gasteiger partial charge on any atom is -0.504 e. The van der Waals surface area contributed by atoms with Crippen LogP contribution in [0, 0.1) is 0 Å². The number of phenols is 2. The van der Waals surface area contributed by atoms with E-state index in [1.165, 1.54) is 30.3 Å². The second-order valence-electron chi connectivity index (χ2n) is 14.9. The highest BCUT2D eigenvalue weighted by Crippen LogP contribution is 2.41. The Bertz CT molecular complexity index is 2380. The molecule has 1 aliphatic rings. The van der Waals surface area contributed by atoms with Crippen molar-refractivity contribution in [2.24, 2.45) is 0 Å². The van der Waals surface area contributed by atoms with Crippen LogP contribution >= 0.6 is 0 Å². The zero-order chi connectivity index (χ0) is 38.8. The normalized spacial score (nSPS) is 15.4. The minimum absolute atomic E-state index is 0.116. The van der Waals surface area contributed by atoms with Crippen molar-refractivity contribution in [2.75, 3.05) is 26.2 Å². The van der Waals surface area contributed by atoms with Crippen molar-refractivity contribution in [1.29, 1.82) is 0 Å². The maximum Gasteiger partial charge on any atom is 0.246 e. The van der Waals surface area contributed by atoms with E-state index in [4.69, 9.17) is 0 Å². The second kappa shape index (κ2) is 13.4. The van der Waals surface area contributed by atoms with Crippen molar-refractivity contribution >= 4 is 42.1 Å². The first-order valence-electron chi connectivity index (χ1n) is 17.9. The molecule has 16 heteroatoms. The standard InChI is InChI=1S/C38H44N8O6S2/c1-7-37(3,4)25-21-31(45-39-27-13-9-10-14-28(27)40-45)35(47)33(23-25)53(49,50)43-17-19-44(20-18-43)54(51,52)34-24-26(38(5,6)8-2)22-32(36(34)48)46-41-29-15-11-12-16-30(29)42-46/h9-16,21-24,47-48H,7-8,17-20H2,1-6H3. The van der Waals surface area contributed by atoms with Gasteiger partial charge in [-0.05, 0) is 83.3 Å². The van der Waals surface area contributed by atoms with Gasteiger partial charge in [-0.3, -0.25) is 0 Å². The van der Waals surface area contributed by atoms with Gasteiger partial charge in [-0.1, -0.05) is 65.8 Å². The summed E-state index contributed by atoms with van der Waals surface area (Å²) in [4.78, 5) is 1.86. The number of hydrogen-bond acceptors (Lipinski definition) is 10. The molecule has 0 aliphatic carbocycles. The van der Waals surface area contributed by atoms with E-state index < -0.39 is 42.4 Å². The zero-order valence-corrected chi connectivity index (χ0v) is 32.7. The number of phenolic OH excluding ortho intramolecular Hbond substituents is 2. The highest BCUT2D eigenvalue weighted by atomic mass is 32.2. The number of hydrogen-bond donors (Lipinski definition) is 2. The van der Waals surface area contributed by atoms with Crippen molar-refractivity contribution in [2.45, 2.75) is 75.0 Å². The number of benzene rings is 4. The monoisotopic (exact) mass is 772 g/mol. The van der Waals surface area contributed by atoms with Crippen molar-refractivity contribution in [3.8, 4) is 22.9 Å². The van der Waals surface area contributed by atoms with Crippen LogP contribution in [0.4, 0.5) is 0 Å². The molecule has 0 bridgehead atoms. The van der Waals surface area contributed by atoms with Crippen molar-refractivity contribution < 1.29 is 27.0 Å². The average Bonchev–Trinajstić information content (AvgIpc) is 3.79. The van der Waals surface area contributed by atoms with Gasteiger partial charge in [0.15, 0.2) is 11.5 Å². The summed E-state index contributed by atoms with van der Waals surface area (Å²) in [5.74, 6) is -1.01. The number of nitrogens with zero attached hydrogens (tertiary/aromatic N) is 8. The first kappa shape index (κ1) is 37.4.